The number of carbonyl (C=O) groups is 1. The number of halogens is 1. The molecule has 1 amide bonds. The number of aromatic nitrogens is 1. The van der Waals surface area contributed by atoms with Gasteiger partial charge in [0.1, 0.15) is 0 Å². The van der Waals surface area contributed by atoms with Crippen molar-refractivity contribution >= 4 is 17.5 Å². The zero-order valence-electron chi connectivity index (χ0n) is 14.1. The average molecular weight is 360 g/mol. The molecule has 0 radical (unpaired) electrons. The van der Waals surface area contributed by atoms with Crippen LogP contribution >= 0.6 is 11.6 Å². The molecule has 1 aromatic carbocycles. The lowest BCUT2D eigenvalue weighted by molar-refractivity contribution is 0.0914. The van der Waals surface area contributed by atoms with Crippen LogP contribution in [0.2, 0.25) is 5.02 Å². The lowest BCUT2D eigenvalue weighted by Crippen LogP contribution is -2.34. The maximum Gasteiger partial charge on any atom is 0.290 e. The third-order valence-corrected chi connectivity index (χ3v) is 5.12. The Morgan fingerprint density at radius 1 is 1.32 bits per heavy atom. The minimum Gasteiger partial charge on any atom is -0.351 e. The van der Waals surface area contributed by atoms with Crippen molar-refractivity contribution in [3.63, 3.8) is 0 Å². The standard InChI is InChI=1S/C19H22ClN3O2/c20-15-5-1-3-13(9-15)11-23-8-2-4-14(12-23)17-10-18(25-22-17)19(24)21-16-6-7-16/h1,3,5,9-10,14,16H,2,4,6-8,11-12H2,(H,21,24)/t14-/m0/s1. The summed E-state index contributed by atoms with van der Waals surface area (Å²) in [6, 6.07) is 10.1. The molecule has 0 bridgehead atoms. The third-order valence-electron chi connectivity index (χ3n) is 4.88. The zero-order valence-corrected chi connectivity index (χ0v) is 14.8. The first-order chi connectivity index (χ1) is 12.2. The van der Waals surface area contributed by atoms with Gasteiger partial charge in [0.25, 0.3) is 5.91 Å². The van der Waals surface area contributed by atoms with Crippen molar-refractivity contribution in [3.8, 4) is 0 Å². The number of amides is 1. The van der Waals surface area contributed by atoms with Gasteiger partial charge >= 0.3 is 0 Å². The first-order valence-corrected chi connectivity index (χ1v) is 9.29. The molecule has 2 aromatic rings. The summed E-state index contributed by atoms with van der Waals surface area (Å²) in [6.45, 7) is 2.86. The van der Waals surface area contributed by atoms with Gasteiger partial charge in [0.05, 0.1) is 5.69 Å². The molecular weight excluding hydrogens is 338 g/mol. The molecule has 132 valence electrons. The van der Waals surface area contributed by atoms with Gasteiger partial charge in [-0.1, -0.05) is 28.9 Å². The van der Waals surface area contributed by atoms with Crippen molar-refractivity contribution in [3.05, 3.63) is 52.4 Å². The van der Waals surface area contributed by atoms with Gasteiger partial charge in [-0.3, -0.25) is 9.69 Å². The van der Waals surface area contributed by atoms with Gasteiger partial charge in [0.2, 0.25) is 5.76 Å². The van der Waals surface area contributed by atoms with E-state index < -0.39 is 0 Å². The van der Waals surface area contributed by atoms with Crippen molar-refractivity contribution in [1.29, 1.82) is 0 Å². The van der Waals surface area contributed by atoms with Crippen LogP contribution in [-0.2, 0) is 6.54 Å². The van der Waals surface area contributed by atoms with Crippen LogP contribution in [0.5, 0.6) is 0 Å². The molecule has 2 heterocycles. The normalized spacial score (nSPS) is 21.2. The van der Waals surface area contributed by atoms with Gasteiger partial charge in [-0.05, 0) is 49.9 Å². The van der Waals surface area contributed by atoms with Crippen LogP contribution in [0.3, 0.4) is 0 Å². The molecule has 2 aliphatic rings. The van der Waals surface area contributed by atoms with E-state index in [0.717, 1.165) is 56.0 Å². The van der Waals surface area contributed by atoms with Gasteiger partial charge in [0.15, 0.2) is 0 Å². The number of rotatable bonds is 5. The molecule has 1 N–H and O–H groups in total. The minimum absolute atomic E-state index is 0.146. The Morgan fingerprint density at radius 2 is 2.20 bits per heavy atom. The van der Waals surface area contributed by atoms with Crippen LogP contribution in [0.4, 0.5) is 0 Å². The van der Waals surface area contributed by atoms with E-state index in [1.165, 1.54) is 5.56 Å². The summed E-state index contributed by atoms with van der Waals surface area (Å²) in [6.07, 6.45) is 4.31. The van der Waals surface area contributed by atoms with Crippen LogP contribution in [-0.4, -0.2) is 35.1 Å². The van der Waals surface area contributed by atoms with Crippen LogP contribution in [0.15, 0.2) is 34.9 Å². The summed E-state index contributed by atoms with van der Waals surface area (Å²) < 4.78 is 5.28. The fraction of sp³-hybridized carbons (Fsp3) is 0.474. The number of hydrogen-bond donors (Lipinski definition) is 1. The summed E-state index contributed by atoms with van der Waals surface area (Å²) in [7, 11) is 0. The Morgan fingerprint density at radius 3 is 3.00 bits per heavy atom. The molecule has 6 heteroatoms. The van der Waals surface area contributed by atoms with Crippen LogP contribution in [0.1, 0.15) is 53.4 Å². The van der Waals surface area contributed by atoms with Crippen molar-refractivity contribution < 1.29 is 9.32 Å². The van der Waals surface area contributed by atoms with Crippen molar-refractivity contribution in [2.24, 2.45) is 0 Å². The van der Waals surface area contributed by atoms with E-state index in [9.17, 15) is 4.79 Å². The molecule has 25 heavy (non-hydrogen) atoms. The molecule has 2 fully saturated rings. The first kappa shape index (κ1) is 16.6. The summed E-state index contributed by atoms with van der Waals surface area (Å²) in [5.74, 6) is 0.487. The second-order valence-electron chi connectivity index (χ2n) is 7.07. The lowest BCUT2D eigenvalue weighted by atomic mass is 9.94. The smallest absolute Gasteiger partial charge is 0.290 e. The van der Waals surface area contributed by atoms with Gasteiger partial charge in [-0.25, -0.2) is 0 Å². The Balaban J connectivity index is 1.39. The Hall–Kier alpha value is -1.85. The predicted molar refractivity (Wildman–Crippen MR) is 95.7 cm³/mol. The molecule has 5 nitrogen and oxygen atoms in total. The Bertz CT molecular complexity index is 757. The fourth-order valence-corrected chi connectivity index (χ4v) is 3.62. The van der Waals surface area contributed by atoms with E-state index in [4.69, 9.17) is 16.1 Å². The fourth-order valence-electron chi connectivity index (χ4n) is 3.41. The summed E-state index contributed by atoms with van der Waals surface area (Å²) in [5, 5.41) is 7.87. The van der Waals surface area contributed by atoms with E-state index in [-0.39, 0.29) is 5.91 Å². The van der Waals surface area contributed by atoms with E-state index in [0.29, 0.717) is 17.7 Å². The van der Waals surface area contributed by atoms with Crippen LogP contribution < -0.4 is 5.32 Å². The Kier molecular flexibility index (Phi) is 4.77. The number of nitrogens with zero attached hydrogens (tertiary/aromatic N) is 2. The quantitative estimate of drug-likeness (QED) is 0.886. The summed E-state index contributed by atoms with van der Waals surface area (Å²) >= 11 is 6.08. The van der Waals surface area contributed by atoms with Gasteiger partial charge in [-0.2, -0.15) is 0 Å². The number of likely N-dealkylation sites (tertiary alicyclic amines) is 1. The summed E-state index contributed by atoms with van der Waals surface area (Å²) in [5.41, 5.74) is 2.11. The highest BCUT2D eigenvalue weighted by atomic mass is 35.5. The summed E-state index contributed by atoms with van der Waals surface area (Å²) in [4.78, 5) is 14.5. The van der Waals surface area contributed by atoms with Crippen LogP contribution in [0, 0.1) is 0 Å². The van der Waals surface area contributed by atoms with Crippen molar-refractivity contribution in [2.45, 2.75) is 44.2 Å². The molecule has 1 aliphatic heterocycles. The SMILES string of the molecule is O=C(NC1CC1)c1cc([C@H]2CCCN(Cc3cccc(Cl)c3)C2)no1. The molecule has 1 aromatic heterocycles. The number of carbonyl (C=O) groups excluding carboxylic acids is 1. The van der Waals surface area contributed by atoms with Crippen molar-refractivity contribution in [1.82, 2.24) is 15.4 Å². The molecule has 1 aliphatic carbocycles. The van der Waals surface area contributed by atoms with Gasteiger partial charge < -0.3 is 9.84 Å². The molecule has 0 unspecified atom stereocenters. The maximum atomic E-state index is 12.1. The topological polar surface area (TPSA) is 58.4 Å². The van der Waals surface area contributed by atoms with E-state index >= 15 is 0 Å². The number of benzene rings is 1. The molecule has 1 atom stereocenters. The van der Waals surface area contributed by atoms with Crippen molar-refractivity contribution in [2.75, 3.05) is 13.1 Å². The van der Waals surface area contributed by atoms with Gasteiger partial charge in [-0.15, -0.1) is 0 Å². The van der Waals surface area contributed by atoms with E-state index in [1.807, 2.05) is 24.3 Å². The average Bonchev–Trinajstić information content (AvgIpc) is 3.27. The second kappa shape index (κ2) is 7.18. The maximum absolute atomic E-state index is 12.1. The molecule has 0 spiro atoms. The highest BCUT2D eigenvalue weighted by molar-refractivity contribution is 6.30. The monoisotopic (exact) mass is 359 g/mol. The highest BCUT2D eigenvalue weighted by Gasteiger charge is 2.28. The van der Waals surface area contributed by atoms with E-state index in [2.05, 4.69) is 21.4 Å². The highest BCUT2D eigenvalue weighted by Crippen LogP contribution is 2.28. The number of piperidine rings is 1. The number of nitrogens with one attached hydrogen (secondary N) is 1. The molecule has 1 saturated heterocycles. The molecule has 1 saturated carbocycles. The number of hydrogen-bond acceptors (Lipinski definition) is 4. The largest absolute Gasteiger partial charge is 0.351 e. The van der Waals surface area contributed by atoms with Gasteiger partial charge in [0, 0.05) is 36.1 Å². The minimum atomic E-state index is -0.146. The second-order valence-corrected chi connectivity index (χ2v) is 7.50. The molecule has 4 rings (SSSR count). The van der Waals surface area contributed by atoms with E-state index in [1.54, 1.807) is 0 Å². The predicted octanol–water partition coefficient (Wildman–Crippen LogP) is 3.60. The first-order valence-electron chi connectivity index (χ1n) is 8.91. The zero-order chi connectivity index (χ0) is 17.2. The Labute approximate surface area is 152 Å². The lowest BCUT2D eigenvalue weighted by Gasteiger charge is -2.31. The molecular formula is C19H22ClN3O2. The van der Waals surface area contributed by atoms with Crippen LogP contribution in [0.25, 0.3) is 0 Å². The third kappa shape index (κ3) is 4.22.